The zero-order valence-corrected chi connectivity index (χ0v) is 15.5. The summed E-state index contributed by atoms with van der Waals surface area (Å²) in [4.78, 5) is 25.5. The lowest BCUT2D eigenvalue weighted by atomic mass is 9.97. The molecule has 2 heterocycles. The minimum absolute atomic E-state index is 0.0811. The molecule has 0 aliphatic carbocycles. The Morgan fingerprint density at radius 2 is 2.15 bits per heavy atom. The van der Waals surface area contributed by atoms with Gasteiger partial charge in [-0.25, -0.2) is 4.45 Å². The molecule has 1 atom stereocenters. The van der Waals surface area contributed by atoms with Crippen LogP contribution in [0.5, 0.6) is 0 Å². The molecule has 0 aromatic carbocycles. The van der Waals surface area contributed by atoms with Crippen molar-refractivity contribution in [2.24, 2.45) is 5.92 Å². The quantitative estimate of drug-likeness (QED) is 0.384. The third kappa shape index (κ3) is 3.51. The van der Waals surface area contributed by atoms with E-state index >= 15 is 0 Å². The molecule has 1 unspecified atom stereocenters. The minimum atomic E-state index is -0.185. The molecule has 0 N–H and O–H groups in total. The zero-order valence-electron chi connectivity index (χ0n) is 10.8. The molecule has 1 fully saturated rings. The molecule has 1 aromatic rings. The number of piperidine rings is 1. The van der Waals surface area contributed by atoms with Crippen molar-refractivity contribution in [2.75, 3.05) is 20.2 Å². The number of nitrogens with zero attached hydrogens (tertiary/aromatic N) is 3. The summed E-state index contributed by atoms with van der Waals surface area (Å²) in [5.41, 5.74) is 0.442. The highest BCUT2D eigenvalue weighted by atomic mass is 127. The average molecular weight is 474 g/mol. The fourth-order valence-electron chi connectivity index (χ4n) is 2.17. The van der Waals surface area contributed by atoms with Gasteiger partial charge in [0.25, 0.3) is 5.91 Å². The van der Waals surface area contributed by atoms with E-state index < -0.39 is 0 Å². The van der Waals surface area contributed by atoms with Crippen molar-refractivity contribution < 1.29 is 14.3 Å². The number of aromatic nitrogens is 2. The first kappa shape index (κ1) is 16.2. The number of hydrogen-bond acceptors (Lipinski definition) is 4. The highest BCUT2D eigenvalue weighted by Crippen LogP contribution is 2.29. The lowest BCUT2D eigenvalue weighted by Crippen LogP contribution is -2.40. The maximum absolute atomic E-state index is 12.3. The van der Waals surface area contributed by atoms with Crippen LogP contribution in [0.25, 0.3) is 0 Å². The number of methoxy groups -OCH3 is 1. The first-order valence-electron chi connectivity index (χ1n) is 6.06. The van der Waals surface area contributed by atoms with Crippen molar-refractivity contribution in [2.45, 2.75) is 12.8 Å². The second-order valence-electron chi connectivity index (χ2n) is 4.44. The lowest BCUT2D eigenvalue weighted by Gasteiger charge is -2.30. The summed E-state index contributed by atoms with van der Waals surface area (Å²) in [6, 6.07) is 1.74. The molecule has 1 saturated heterocycles. The summed E-state index contributed by atoms with van der Waals surface area (Å²) in [7, 11) is 1.40. The molecule has 0 bridgehead atoms. The third-order valence-corrected chi connectivity index (χ3v) is 6.05. The van der Waals surface area contributed by atoms with Gasteiger partial charge < -0.3 is 9.64 Å². The van der Waals surface area contributed by atoms with Gasteiger partial charge in [0.1, 0.15) is 4.60 Å². The van der Waals surface area contributed by atoms with Gasteiger partial charge in [0.05, 0.1) is 19.4 Å². The fourth-order valence-corrected chi connectivity index (χ4v) is 5.12. The van der Waals surface area contributed by atoms with E-state index in [-0.39, 0.29) is 17.8 Å². The second kappa shape index (κ2) is 7.17. The van der Waals surface area contributed by atoms with Gasteiger partial charge in [-0.05, 0) is 50.8 Å². The summed E-state index contributed by atoms with van der Waals surface area (Å²) in [5.74, 6) is -0.359. The zero-order chi connectivity index (χ0) is 14.7. The van der Waals surface area contributed by atoms with Crippen LogP contribution < -0.4 is 0 Å². The van der Waals surface area contributed by atoms with Gasteiger partial charge in [-0.2, -0.15) is 5.10 Å². The Morgan fingerprint density at radius 3 is 2.65 bits per heavy atom. The van der Waals surface area contributed by atoms with Crippen LogP contribution in [0.3, 0.4) is 0 Å². The van der Waals surface area contributed by atoms with E-state index in [1.54, 1.807) is 15.4 Å². The van der Waals surface area contributed by atoms with Crippen molar-refractivity contribution in [1.29, 1.82) is 0 Å². The van der Waals surface area contributed by atoms with E-state index in [1.165, 1.54) is 7.11 Å². The van der Waals surface area contributed by atoms with Crippen LogP contribution in [0.4, 0.5) is 0 Å². The molecule has 0 spiro atoms. The molecule has 0 saturated carbocycles. The van der Waals surface area contributed by atoms with Crippen LogP contribution in [-0.2, 0) is 9.53 Å². The normalized spacial score (nSPS) is 16.9. The number of hydrogen-bond donors (Lipinski definition) is 0. The highest BCUT2D eigenvalue weighted by molar-refractivity contribution is 14.2. The van der Waals surface area contributed by atoms with E-state index in [2.05, 4.69) is 43.1 Å². The second-order valence-corrected chi connectivity index (χ2v) is 7.29. The van der Waals surface area contributed by atoms with Crippen molar-refractivity contribution in [3.63, 3.8) is 0 Å². The van der Waals surface area contributed by atoms with Crippen LogP contribution >= 0.6 is 44.3 Å². The predicted molar refractivity (Wildman–Crippen MR) is 88.3 cm³/mol. The van der Waals surface area contributed by atoms with Crippen LogP contribution in [-0.4, -0.2) is 46.5 Å². The Bertz CT molecular complexity index is 517. The Balaban J connectivity index is 1.99. The molecule has 2 rings (SSSR count). The van der Waals surface area contributed by atoms with Crippen molar-refractivity contribution in [3.05, 3.63) is 16.4 Å². The van der Waals surface area contributed by atoms with E-state index in [1.807, 2.05) is 0 Å². The van der Waals surface area contributed by atoms with Crippen LogP contribution in [0.2, 0.25) is 0 Å². The topological polar surface area (TPSA) is 64.4 Å². The van der Waals surface area contributed by atoms with Gasteiger partial charge >= 0.3 is 5.97 Å². The SMILES string of the molecule is COC(=O)C1CCN(C(=O)c2cc(Br)n(PI)n2)CC1. The lowest BCUT2D eigenvalue weighted by molar-refractivity contribution is -0.146. The van der Waals surface area contributed by atoms with Crippen molar-refractivity contribution in [1.82, 2.24) is 14.5 Å². The number of carbonyl (C=O) groups is 2. The maximum Gasteiger partial charge on any atom is 0.308 e. The largest absolute Gasteiger partial charge is 0.469 e. The van der Waals surface area contributed by atoms with E-state index in [9.17, 15) is 9.59 Å². The molecule has 1 aliphatic heterocycles. The Hall–Kier alpha value is -0.210. The molecule has 0 radical (unpaired) electrons. The molecule has 6 nitrogen and oxygen atoms in total. The molecular weight excluding hydrogens is 460 g/mol. The first-order valence-corrected chi connectivity index (χ1v) is 10.9. The Kier molecular flexibility index (Phi) is 5.80. The van der Waals surface area contributed by atoms with Gasteiger partial charge in [0, 0.05) is 19.2 Å². The van der Waals surface area contributed by atoms with Crippen molar-refractivity contribution in [3.8, 4) is 0 Å². The number of esters is 1. The van der Waals surface area contributed by atoms with E-state index in [0.717, 1.165) is 4.60 Å². The summed E-state index contributed by atoms with van der Waals surface area (Å²) in [6.45, 7) is 1.13. The molecular formula is C11H14BrIN3O3P. The Labute approximate surface area is 140 Å². The Morgan fingerprint density at radius 1 is 1.50 bits per heavy atom. The monoisotopic (exact) mass is 473 g/mol. The highest BCUT2D eigenvalue weighted by Gasteiger charge is 2.29. The molecule has 1 aliphatic rings. The van der Waals surface area contributed by atoms with Gasteiger partial charge in [0.15, 0.2) is 5.69 Å². The summed E-state index contributed by atoms with van der Waals surface area (Å²) < 4.78 is 7.29. The van der Waals surface area contributed by atoms with Crippen LogP contribution in [0.15, 0.2) is 10.7 Å². The minimum Gasteiger partial charge on any atom is -0.469 e. The number of amides is 1. The molecule has 110 valence electrons. The third-order valence-electron chi connectivity index (χ3n) is 3.28. The van der Waals surface area contributed by atoms with Crippen LogP contribution in [0, 0.1) is 5.92 Å². The van der Waals surface area contributed by atoms with E-state index in [4.69, 9.17) is 4.74 Å². The van der Waals surface area contributed by atoms with Gasteiger partial charge in [-0.15, -0.1) is 0 Å². The fraction of sp³-hybridized carbons (Fsp3) is 0.545. The van der Waals surface area contributed by atoms with Gasteiger partial charge in [-0.3, -0.25) is 9.59 Å². The van der Waals surface area contributed by atoms with Gasteiger partial charge in [0.2, 0.25) is 0 Å². The number of halogens is 2. The number of ether oxygens (including phenoxy) is 1. The summed E-state index contributed by atoms with van der Waals surface area (Å²) in [6.07, 6.45) is 1.74. The maximum atomic E-state index is 12.3. The molecule has 1 amide bonds. The van der Waals surface area contributed by atoms with Gasteiger partial charge in [-0.1, -0.05) is 0 Å². The van der Waals surface area contributed by atoms with Crippen LogP contribution in [0.1, 0.15) is 23.3 Å². The standard InChI is InChI=1S/C11H14BrIN3O3P/c1-19-11(18)7-2-4-15(5-3-7)10(17)8-6-9(12)16(14-8)20-13/h6-7,20H,2-5H2,1H3. The number of carbonyl (C=O) groups excluding carboxylic acids is 2. The van der Waals surface area contributed by atoms with Crippen molar-refractivity contribution >= 4 is 56.2 Å². The number of likely N-dealkylation sites (tertiary alicyclic amines) is 1. The van der Waals surface area contributed by atoms with E-state index in [0.29, 0.717) is 38.0 Å². The molecule has 20 heavy (non-hydrogen) atoms. The smallest absolute Gasteiger partial charge is 0.308 e. The predicted octanol–water partition coefficient (Wildman–Crippen LogP) is 2.46. The first-order chi connectivity index (χ1) is 9.56. The molecule has 1 aromatic heterocycles. The molecule has 9 heteroatoms. The number of rotatable bonds is 3. The summed E-state index contributed by atoms with van der Waals surface area (Å²) >= 11 is 5.58. The average Bonchev–Trinajstić information content (AvgIpc) is 2.87. The summed E-state index contributed by atoms with van der Waals surface area (Å²) in [5, 5.41) is 4.27.